The first-order chi connectivity index (χ1) is 33.7. The number of H-pyrrole nitrogens is 1. The van der Waals surface area contributed by atoms with Gasteiger partial charge in [-0.05, 0) is 69.4 Å². The lowest BCUT2D eigenvalue weighted by Crippen LogP contribution is -2.59. The molecule has 10 amide bonds. The van der Waals surface area contributed by atoms with Gasteiger partial charge in [0.05, 0.1) is 19.3 Å². The summed E-state index contributed by atoms with van der Waals surface area (Å²) in [4.78, 5) is 140. The number of rotatable bonds is 22. The van der Waals surface area contributed by atoms with Gasteiger partial charge in [-0.3, -0.25) is 47.9 Å². The normalized spacial score (nSPS) is 23.3. The fourth-order valence-corrected chi connectivity index (χ4v) is 9.53. The maximum atomic E-state index is 14.2. The summed E-state index contributed by atoms with van der Waals surface area (Å²) >= 11 is 0. The van der Waals surface area contributed by atoms with Crippen LogP contribution in [0.15, 0.2) is 30.5 Å². The number of ether oxygens (including phenoxy) is 1. The summed E-state index contributed by atoms with van der Waals surface area (Å²) in [5.41, 5.74) is 12.1. The maximum Gasteiger partial charge on any atom is 0.253 e. The number of amides is 10. The van der Waals surface area contributed by atoms with Gasteiger partial charge < -0.3 is 77.8 Å². The average molecular weight is 996 g/mol. The number of aromatic nitrogens is 1. The first kappa shape index (κ1) is 53.6. The Bertz CT molecular complexity index is 2360. The van der Waals surface area contributed by atoms with Crippen molar-refractivity contribution in [3.63, 3.8) is 0 Å². The van der Waals surface area contributed by atoms with Crippen LogP contribution in [0.3, 0.4) is 0 Å². The van der Waals surface area contributed by atoms with Crippen molar-refractivity contribution in [3.8, 4) is 0 Å². The first-order valence-corrected chi connectivity index (χ1v) is 23.9. The third kappa shape index (κ3) is 12.6. The Kier molecular flexibility index (Phi) is 17.7. The van der Waals surface area contributed by atoms with E-state index in [1.54, 1.807) is 26.1 Å². The number of aliphatic hydroxyl groups excluding tert-OH is 3. The molecule has 0 radical (unpaired) electrons. The van der Waals surface area contributed by atoms with E-state index in [-0.39, 0.29) is 57.7 Å². The highest BCUT2D eigenvalue weighted by atomic mass is 16.6. The summed E-state index contributed by atoms with van der Waals surface area (Å²) in [6.45, 7) is 3.72. The number of epoxide rings is 1. The predicted molar refractivity (Wildman–Crippen MR) is 248 cm³/mol. The molecule has 5 heterocycles. The molecule has 4 saturated heterocycles. The zero-order valence-corrected chi connectivity index (χ0v) is 39.8. The van der Waals surface area contributed by atoms with Gasteiger partial charge in [0.2, 0.25) is 47.3 Å². The van der Waals surface area contributed by atoms with Crippen molar-refractivity contribution in [2.75, 3.05) is 32.8 Å². The number of likely N-dealkylation sites (tertiary alicyclic amines) is 3. The standard InChI is InChI=1S/C46H65N11O14/c1-22(2)17-27(39(63)50-28(40(64)54-34(23(3)60)38(48)62)18-24-19-49-26-10-5-4-9-25(24)26)51-42(66)35-36(71-35)43(67)53-30(21-59)44(68)56-15-7-12-32(56)46(70)57-16-8-13-33(57)45(69)55-14-6-11-31(55)41(65)52-29(20-58)37(47)61/h4-5,9-10,19,22-23,27-36,49,58-60H,6-8,11-18,20-21H2,1-3H3,(H2,47,61)(H2,48,62)(H,50,63)(H,51,66)(H,52,65)(H,53,67)(H,54,64)/t23-,27+,28+,29+,30+,31+,32+,33+,34+,35+,36+/m1/s1. The lowest BCUT2D eigenvalue weighted by molar-refractivity contribution is -0.151. The Hall–Kier alpha value is -6.70. The topological polar surface area (TPSA) is 382 Å². The molecule has 13 N–H and O–H groups in total. The summed E-state index contributed by atoms with van der Waals surface area (Å²) in [7, 11) is 0. The monoisotopic (exact) mass is 995 g/mol. The van der Waals surface area contributed by atoms with E-state index in [0.717, 1.165) is 10.9 Å². The molecule has 4 aliphatic rings. The number of hydrogen-bond acceptors (Lipinski definition) is 14. The number of primary amides is 2. The molecule has 0 saturated carbocycles. The van der Waals surface area contributed by atoms with E-state index >= 15 is 0 Å². The quantitative estimate of drug-likeness (QED) is 0.0494. The molecular weight excluding hydrogens is 931 g/mol. The minimum Gasteiger partial charge on any atom is -0.394 e. The van der Waals surface area contributed by atoms with Crippen LogP contribution in [0, 0.1) is 5.92 Å². The number of carbonyl (C=O) groups is 10. The van der Waals surface area contributed by atoms with Crippen molar-refractivity contribution in [1.29, 1.82) is 0 Å². The molecule has 25 heteroatoms. The van der Waals surface area contributed by atoms with Crippen LogP contribution < -0.4 is 38.1 Å². The summed E-state index contributed by atoms with van der Waals surface area (Å²) in [6, 6.07) is -2.70. The molecule has 6 rings (SSSR count). The zero-order valence-electron chi connectivity index (χ0n) is 39.8. The zero-order chi connectivity index (χ0) is 51.8. The fourth-order valence-electron chi connectivity index (χ4n) is 9.53. The number of nitrogens with two attached hydrogens (primary N) is 2. The number of para-hydroxylation sites is 1. The molecule has 0 spiro atoms. The van der Waals surface area contributed by atoms with Crippen LogP contribution in [-0.2, 0) is 59.1 Å². The molecule has 71 heavy (non-hydrogen) atoms. The van der Waals surface area contributed by atoms with Crippen LogP contribution in [0.25, 0.3) is 10.9 Å². The summed E-state index contributed by atoms with van der Waals surface area (Å²) in [5.74, 6) is -8.01. The summed E-state index contributed by atoms with van der Waals surface area (Å²) in [5, 5.41) is 43.1. The lowest BCUT2D eigenvalue weighted by Gasteiger charge is -2.34. The highest BCUT2D eigenvalue weighted by Crippen LogP contribution is 2.30. The van der Waals surface area contributed by atoms with Crippen LogP contribution in [0.2, 0.25) is 0 Å². The van der Waals surface area contributed by atoms with E-state index in [2.05, 4.69) is 31.6 Å². The Morgan fingerprint density at radius 2 is 1.18 bits per heavy atom. The predicted octanol–water partition coefficient (Wildman–Crippen LogP) is -4.74. The van der Waals surface area contributed by atoms with Gasteiger partial charge in [-0.15, -0.1) is 0 Å². The average Bonchev–Trinajstić information content (AvgIpc) is 3.82. The molecule has 25 nitrogen and oxygen atoms in total. The summed E-state index contributed by atoms with van der Waals surface area (Å²) in [6.07, 6.45) is -0.421. The van der Waals surface area contributed by atoms with Crippen molar-refractivity contribution in [2.24, 2.45) is 17.4 Å². The van der Waals surface area contributed by atoms with Gasteiger partial charge in [0.25, 0.3) is 11.8 Å². The first-order valence-electron chi connectivity index (χ1n) is 23.9. The van der Waals surface area contributed by atoms with Crippen LogP contribution >= 0.6 is 0 Å². The van der Waals surface area contributed by atoms with Crippen molar-refractivity contribution in [2.45, 2.75) is 139 Å². The van der Waals surface area contributed by atoms with E-state index in [4.69, 9.17) is 16.2 Å². The Balaban J connectivity index is 1.06. The number of nitrogens with zero attached hydrogens (tertiary/aromatic N) is 3. The molecule has 0 unspecified atom stereocenters. The smallest absolute Gasteiger partial charge is 0.253 e. The largest absolute Gasteiger partial charge is 0.394 e. The Morgan fingerprint density at radius 3 is 1.75 bits per heavy atom. The number of fused-ring (bicyclic) bond motifs is 1. The number of hydrogen-bond donors (Lipinski definition) is 11. The fraction of sp³-hybridized carbons (Fsp3) is 0.609. The molecule has 1 aromatic carbocycles. The molecule has 11 atom stereocenters. The van der Waals surface area contributed by atoms with Crippen molar-refractivity contribution < 1.29 is 68.0 Å². The molecule has 4 fully saturated rings. The molecule has 0 bridgehead atoms. The van der Waals surface area contributed by atoms with E-state index in [1.165, 1.54) is 21.6 Å². The second-order valence-electron chi connectivity index (χ2n) is 18.9. The van der Waals surface area contributed by atoms with E-state index < -0.39 is 139 Å². The number of aromatic amines is 1. The van der Waals surface area contributed by atoms with Crippen LogP contribution in [-0.4, -0.2) is 194 Å². The minimum atomic E-state index is -1.56. The van der Waals surface area contributed by atoms with Gasteiger partial charge in [0.15, 0.2) is 12.2 Å². The molecule has 0 aliphatic carbocycles. The number of carbonyl (C=O) groups excluding carboxylic acids is 10. The highest BCUT2D eigenvalue weighted by molar-refractivity contribution is 6.01. The maximum absolute atomic E-state index is 14.2. The SMILES string of the molecule is CC(C)C[C@H](NC(=O)[C@H]1O[C@@H]1C(=O)N[C@@H](CO)C(=O)N1CCC[C@H]1C(=O)N1CCC[C@H]1C(=O)N1CCC[C@H]1C(=O)N[C@@H](CO)C(N)=O)C(=O)N[C@@H](Cc1c[nH]c2ccccc12)C(=O)N[C@H](C(N)=O)[C@@H](C)O. The third-order valence-corrected chi connectivity index (χ3v) is 13.3. The van der Waals surface area contributed by atoms with Crippen molar-refractivity contribution >= 4 is 70.0 Å². The highest BCUT2D eigenvalue weighted by Gasteiger charge is 2.53. The van der Waals surface area contributed by atoms with Gasteiger partial charge in [-0.2, -0.15) is 0 Å². The van der Waals surface area contributed by atoms with Gasteiger partial charge in [-0.1, -0.05) is 32.0 Å². The molecule has 1 aromatic heterocycles. The lowest BCUT2D eigenvalue weighted by atomic mass is 10.00. The second kappa shape index (κ2) is 23.5. The third-order valence-electron chi connectivity index (χ3n) is 13.3. The number of nitrogens with one attached hydrogen (secondary N) is 6. The number of aliphatic hydroxyl groups is 3. The van der Waals surface area contributed by atoms with Crippen LogP contribution in [0.1, 0.15) is 71.3 Å². The molecular formula is C46H65N11O14. The van der Waals surface area contributed by atoms with E-state index in [0.29, 0.717) is 24.8 Å². The number of benzene rings is 1. The van der Waals surface area contributed by atoms with Gasteiger partial charge in [0.1, 0.15) is 48.3 Å². The Morgan fingerprint density at radius 1 is 0.662 bits per heavy atom. The minimum absolute atomic E-state index is 0.0729. The summed E-state index contributed by atoms with van der Waals surface area (Å²) < 4.78 is 5.41. The van der Waals surface area contributed by atoms with E-state index in [1.807, 2.05) is 18.2 Å². The molecule has 388 valence electrons. The van der Waals surface area contributed by atoms with Gasteiger partial charge in [0, 0.05) is 43.2 Å². The molecule has 4 aliphatic heterocycles. The van der Waals surface area contributed by atoms with Crippen molar-refractivity contribution in [1.82, 2.24) is 46.3 Å². The second-order valence-corrected chi connectivity index (χ2v) is 18.9. The van der Waals surface area contributed by atoms with Crippen molar-refractivity contribution in [3.05, 3.63) is 36.0 Å². The van der Waals surface area contributed by atoms with Crippen LogP contribution in [0.5, 0.6) is 0 Å². The van der Waals surface area contributed by atoms with Gasteiger partial charge >= 0.3 is 0 Å². The van der Waals surface area contributed by atoms with Crippen LogP contribution in [0.4, 0.5) is 0 Å². The van der Waals surface area contributed by atoms with Gasteiger partial charge in [-0.25, -0.2) is 0 Å². The van der Waals surface area contributed by atoms with E-state index in [9.17, 15) is 63.3 Å². The molecule has 2 aromatic rings. The Labute approximate surface area is 408 Å².